The van der Waals surface area contributed by atoms with E-state index in [0.29, 0.717) is 16.4 Å². The third kappa shape index (κ3) is 3.46. The van der Waals surface area contributed by atoms with Crippen LogP contribution in [0.2, 0.25) is 0 Å². The molecule has 0 aliphatic rings. The van der Waals surface area contributed by atoms with Gasteiger partial charge in [0.2, 0.25) is 17.0 Å². The van der Waals surface area contributed by atoms with Crippen LogP contribution in [0, 0.1) is 11.3 Å². The van der Waals surface area contributed by atoms with Crippen LogP contribution in [0.25, 0.3) is 0 Å². The fourth-order valence-electron chi connectivity index (χ4n) is 1.33. The zero-order valence-electron chi connectivity index (χ0n) is 9.75. The molecule has 1 aromatic heterocycles. The Kier molecular flexibility index (Phi) is 4.00. The molecule has 2 rings (SSSR count). The van der Waals surface area contributed by atoms with Gasteiger partial charge in [0.25, 0.3) is 0 Å². The van der Waals surface area contributed by atoms with Crippen LogP contribution >= 0.6 is 11.8 Å². The lowest BCUT2D eigenvalue weighted by Gasteiger charge is -2.05. The molecule has 0 bridgehead atoms. The van der Waals surface area contributed by atoms with Crippen molar-refractivity contribution in [3.8, 4) is 6.07 Å². The molecule has 1 aromatic carbocycles. The molecule has 0 saturated carbocycles. The summed E-state index contributed by atoms with van der Waals surface area (Å²) >= 11 is 1.15. The maximum atomic E-state index is 11.7. The lowest BCUT2D eigenvalue weighted by atomic mass is 10.2. The molecule has 0 aliphatic heterocycles. The van der Waals surface area contributed by atoms with Gasteiger partial charge in [-0.3, -0.25) is 4.79 Å². The molecule has 1 amide bonds. The van der Waals surface area contributed by atoms with Crippen LogP contribution in [0.3, 0.4) is 0 Å². The van der Waals surface area contributed by atoms with Gasteiger partial charge in [-0.2, -0.15) is 10.2 Å². The molecule has 0 unspecified atom stereocenters. The van der Waals surface area contributed by atoms with E-state index >= 15 is 0 Å². The molecule has 0 fully saturated rings. The Morgan fingerprint density at radius 3 is 3.00 bits per heavy atom. The van der Waals surface area contributed by atoms with Crippen LogP contribution in [-0.2, 0) is 4.79 Å². The molecule has 4 N–H and O–H groups in total. The molecule has 19 heavy (non-hydrogen) atoms. The number of nitriles is 1. The van der Waals surface area contributed by atoms with E-state index in [1.807, 2.05) is 6.07 Å². The number of thioether (sulfide) groups is 1. The minimum atomic E-state index is -0.240. The first kappa shape index (κ1) is 12.9. The molecule has 8 heteroatoms. The van der Waals surface area contributed by atoms with Gasteiger partial charge in [0, 0.05) is 0 Å². The number of para-hydroxylation sites is 1. The smallest absolute Gasteiger partial charge is 0.234 e. The molecule has 0 spiro atoms. The summed E-state index contributed by atoms with van der Waals surface area (Å²) in [4.78, 5) is 15.6. The maximum Gasteiger partial charge on any atom is 0.234 e. The van der Waals surface area contributed by atoms with Gasteiger partial charge in [0.1, 0.15) is 6.07 Å². The average Bonchev–Trinajstić information content (AvgIpc) is 2.83. The number of carbonyl (C=O) groups is 1. The lowest BCUT2D eigenvalue weighted by Crippen LogP contribution is -2.15. The predicted molar refractivity (Wildman–Crippen MR) is 71.3 cm³/mol. The third-order valence-electron chi connectivity index (χ3n) is 2.14. The second kappa shape index (κ2) is 5.88. The van der Waals surface area contributed by atoms with Crippen LogP contribution in [0.1, 0.15) is 5.56 Å². The first-order chi connectivity index (χ1) is 9.19. The van der Waals surface area contributed by atoms with Gasteiger partial charge in [-0.25, -0.2) is 5.10 Å². The Morgan fingerprint density at radius 1 is 1.53 bits per heavy atom. The summed E-state index contributed by atoms with van der Waals surface area (Å²) in [5, 5.41) is 18.2. The first-order valence-electron chi connectivity index (χ1n) is 5.28. The van der Waals surface area contributed by atoms with E-state index in [2.05, 4.69) is 20.5 Å². The molecular formula is C11H10N6OS. The largest absolute Gasteiger partial charge is 0.368 e. The summed E-state index contributed by atoms with van der Waals surface area (Å²) in [6.07, 6.45) is 0. The number of nitrogens with one attached hydrogen (secondary N) is 2. The summed E-state index contributed by atoms with van der Waals surface area (Å²) < 4.78 is 0. The second-order valence-electron chi connectivity index (χ2n) is 3.50. The molecule has 96 valence electrons. The van der Waals surface area contributed by atoms with Gasteiger partial charge in [-0.15, -0.1) is 5.10 Å². The first-order valence-corrected chi connectivity index (χ1v) is 6.27. The Balaban J connectivity index is 1.93. The fraction of sp³-hybridized carbons (Fsp3) is 0.0909. The van der Waals surface area contributed by atoms with Crippen LogP contribution in [-0.4, -0.2) is 26.8 Å². The van der Waals surface area contributed by atoms with Crippen molar-refractivity contribution in [1.29, 1.82) is 5.26 Å². The van der Waals surface area contributed by atoms with Crippen molar-refractivity contribution in [3.63, 3.8) is 0 Å². The van der Waals surface area contributed by atoms with Crippen molar-refractivity contribution in [1.82, 2.24) is 15.2 Å². The maximum absolute atomic E-state index is 11.7. The number of carbonyl (C=O) groups excluding carboxylic acids is 1. The molecule has 0 saturated heterocycles. The minimum absolute atomic E-state index is 0.136. The molecule has 1 heterocycles. The Hall–Kier alpha value is -2.53. The number of aromatic amines is 1. The van der Waals surface area contributed by atoms with Gasteiger partial charge in [0.15, 0.2) is 0 Å². The number of H-pyrrole nitrogens is 1. The second-order valence-corrected chi connectivity index (χ2v) is 4.44. The van der Waals surface area contributed by atoms with Gasteiger partial charge in [-0.1, -0.05) is 23.9 Å². The van der Waals surface area contributed by atoms with E-state index in [4.69, 9.17) is 11.0 Å². The van der Waals surface area contributed by atoms with Crippen molar-refractivity contribution in [2.24, 2.45) is 0 Å². The molecule has 7 nitrogen and oxygen atoms in total. The highest BCUT2D eigenvalue weighted by Crippen LogP contribution is 2.16. The van der Waals surface area contributed by atoms with Crippen LogP contribution in [0.15, 0.2) is 29.4 Å². The predicted octanol–water partition coefficient (Wildman–Crippen LogP) is 0.989. The highest BCUT2D eigenvalue weighted by atomic mass is 32.2. The van der Waals surface area contributed by atoms with E-state index in [1.165, 1.54) is 0 Å². The van der Waals surface area contributed by atoms with Crippen molar-refractivity contribution in [3.05, 3.63) is 29.8 Å². The van der Waals surface area contributed by atoms with E-state index in [0.717, 1.165) is 11.8 Å². The van der Waals surface area contributed by atoms with E-state index in [-0.39, 0.29) is 17.6 Å². The zero-order chi connectivity index (χ0) is 13.7. The lowest BCUT2D eigenvalue weighted by molar-refractivity contribution is -0.113. The third-order valence-corrected chi connectivity index (χ3v) is 2.98. The minimum Gasteiger partial charge on any atom is -0.368 e. The number of nitrogens with two attached hydrogens (primary N) is 1. The molecule has 0 atom stereocenters. The molecule has 0 radical (unpaired) electrons. The van der Waals surface area contributed by atoms with Gasteiger partial charge in [-0.05, 0) is 12.1 Å². The SMILES string of the molecule is N#Cc1ccccc1NC(=O)CSc1n[nH]c(N)n1. The number of amides is 1. The van der Waals surface area contributed by atoms with Gasteiger partial charge in [0.05, 0.1) is 17.0 Å². The van der Waals surface area contributed by atoms with E-state index in [9.17, 15) is 4.79 Å². The number of nitrogens with zero attached hydrogens (tertiary/aromatic N) is 3. The summed E-state index contributed by atoms with van der Waals surface area (Å²) in [6.45, 7) is 0. The number of aromatic nitrogens is 3. The standard InChI is InChI=1S/C11H10N6OS/c12-5-7-3-1-2-4-8(7)14-9(18)6-19-11-15-10(13)16-17-11/h1-4H,6H2,(H,14,18)(H3,13,15,16,17). The summed E-state index contributed by atoms with van der Waals surface area (Å²) in [5.74, 6) is 0.102. The van der Waals surface area contributed by atoms with Crippen molar-refractivity contribution in [2.45, 2.75) is 5.16 Å². The Morgan fingerprint density at radius 2 is 2.32 bits per heavy atom. The zero-order valence-corrected chi connectivity index (χ0v) is 10.6. The Labute approximate surface area is 113 Å². The number of nitrogen functional groups attached to an aromatic ring is 1. The number of anilines is 2. The topological polar surface area (TPSA) is 120 Å². The number of rotatable bonds is 4. The Bertz CT molecular complexity index is 632. The monoisotopic (exact) mass is 274 g/mol. The average molecular weight is 274 g/mol. The van der Waals surface area contributed by atoms with Crippen LogP contribution in [0.4, 0.5) is 11.6 Å². The van der Waals surface area contributed by atoms with Crippen molar-refractivity contribution in [2.75, 3.05) is 16.8 Å². The quantitative estimate of drug-likeness (QED) is 0.715. The molecule has 2 aromatic rings. The van der Waals surface area contributed by atoms with Gasteiger partial charge < -0.3 is 11.1 Å². The number of benzene rings is 1. The van der Waals surface area contributed by atoms with E-state index < -0.39 is 0 Å². The summed E-state index contributed by atoms with van der Waals surface area (Å²) in [6, 6.07) is 8.81. The number of hydrogen-bond donors (Lipinski definition) is 3. The van der Waals surface area contributed by atoms with E-state index in [1.54, 1.807) is 24.3 Å². The summed E-state index contributed by atoms with van der Waals surface area (Å²) in [7, 11) is 0. The van der Waals surface area contributed by atoms with Gasteiger partial charge >= 0.3 is 0 Å². The van der Waals surface area contributed by atoms with Crippen LogP contribution in [0.5, 0.6) is 0 Å². The summed E-state index contributed by atoms with van der Waals surface area (Å²) in [5.41, 5.74) is 6.28. The fourth-order valence-corrected chi connectivity index (χ4v) is 1.93. The molecular weight excluding hydrogens is 264 g/mol. The highest BCUT2D eigenvalue weighted by Gasteiger charge is 2.08. The van der Waals surface area contributed by atoms with Crippen molar-refractivity contribution < 1.29 is 4.79 Å². The number of hydrogen-bond acceptors (Lipinski definition) is 6. The molecule has 0 aliphatic carbocycles. The highest BCUT2D eigenvalue weighted by molar-refractivity contribution is 7.99. The van der Waals surface area contributed by atoms with Crippen molar-refractivity contribution >= 4 is 29.3 Å². The van der Waals surface area contributed by atoms with Crippen LogP contribution < -0.4 is 11.1 Å². The normalized spacial score (nSPS) is 9.84.